The predicted octanol–water partition coefficient (Wildman–Crippen LogP) is 2.96. The SMILES string of the molecule is CSc1cccc(N[C@@H]2CCCC[C@H]2N)c1C#N. The molecule has 1 aromatic rings. The third kappa shape index (κ3) is 2.80. The fraction of sp³-hybridized carbons (Fsp3) is 0.500. The minimum Gasteiger partial charge on any atom is -0.380 e. The summed E-state index contributed by atoms with van der Waals surface area (Å²) >= 11 is 1.60. The lowest BCUT2D eigenvalue weighted by atomic mass is 9.90. The third-order valence-electron chi connectivity index (χ3n) is 3.52. The molecule has 1 aliphatic carbocycles. The molecule has 0 radical (unpaired) electrons. The van der Waals surface area contributed by atoms with E-state index in [-0.39, 0.29) is 6.04 Å². The molecule has 0 amide bonds. The lowest BCUT2D eigenvalue weighted by molar-refractivity contribution is 0.404. The second-order valence-corrected chi connectivity index (χ2v) is 5.54. The van der Waals surface area contributed by atoms with Crippen LogP contribution in [-0.2, 0) is 0 Å². The second kappa shape index (κ2) is 6.12. The maximum absolute atomic E-state index is 9.29. The van der Waals surface area contributed by atoms with Gasteiger partial charge < -0.3 is 11.1 Å². The first-order valence-corrected chi connectivity index (χ1v) is 7.58. The summed E-state index contributed by atoms with van der Waals surface area (Å²) in [6, 6.07) is 8.73. The second-order valence-electron chi connectivity index (χ2n) is 4.69. The van der Waals surface area contributed by atoms with Gasteiger partial charge in [-0.05, 0) is 31.2 Å². The van der Waals surface area contributed by atoms with Gasteiger partial charge in [0.2, 0.25) is 0 Å². The molecule has 2 rings (SSSR count). The van der Waals surface area contributed by atoms with Crippen LogP contribution in [0.1, 0.15) is 31.2 Å². The van der Waals surface area contributed by atoms with Gasteiger partial charge in [-0.1, -0.05) is 18.9 Å². The molecular formula is C14H19N3S. The molecule has 0 saturated heterocycles. The molecule has 18 heavy (non-hydrogen) atoms. The molecule has 0 bridgehead atoms. The molecule has 0 aliphatic heterocycles. The molecule has 96 valence electrons. The molecule has 4 heteroatoms. The van der Waals surface area contributed by atoms with Crippen LogP contribution in [0.15, 0.2) is 23.1 Å². The zero-order valence-electron chi connectivity index (χ0n) is 10.6. The number of nitrogens with zero attached hydrogens (tertiary/aromatic N) is 1. The quantitative estimate of drug-likeness (QED) is 0.821. The van der Waals surface area contributed by atoms with Crippen molar-refractivity contribution in [2.75, 3.05) is 11.6 Å². The van der Waals surface area contributed by atoms with Gasteiger partial charge in [0, 0.05) is 17.0 Å². The number of rotatable bonds is 3. The van der Waals surface area contributed by atoms with Crippen molar-refractivity contribution in [1.29, 1.82) is 5.26 Å². The number of anilines is 1. The molecule has 0 spiro atoms. The third-order valence-corrected chi connectivity index (χ3v) is 4.30. The van der Waals surface area contributed by atoms with Crippen molar-refractivity contribution >= 4 is 17.4 Å². The van der Waals surface area contributed by atoms with Gasteiger partial charge in [-0.3, -0.25) is 0 Å². The Morgan fingerprint density at radius 1 is 1.39 bits per heavy atom. The van der Waals surface area contributed by atoms with Crippen molar-refractivity contribution in [3.05, 3.63) is 23.8 Å². The minimum atomic E-state index is 0.197. The van der Waals surface area contributed by atoms with Crippen LogP contribution < -0.4 is 11.1 Å². The van der Waals surface area contributed by atoms with E-state index in [0.717, 1.165) is 29.0 Å². The summed E-state index contributed by atoms with van der Waals surface area (Å²) in [5.41, 5.74) is 7.80. The van der Waals surface area contributed by atoms with Gasteiger partial charge in [-0.15, -0.1) is 11.8 Å². The molecular weight excluding hydrogens is 242 g/mol. The van der Waals surface area contributed by atoms with Gasteiger partial charge in [-0.2, -0.15) is 5.26 Å². The molecule has 1 fully saturated rings. The minimum absolute atomic E-state index is 0.197. The molecule has 1 saturated carbocycles. The average molecular weight is 261 g/mol. The number of nitrogens with one attached hydrogen (secondary N) is 1. The van der Waals surface area contributed by atoms with Gasteiger partial charge in [-0.25, -0.2) is 0 Å². The van der Waals surface area contributed by atoms with E-state index in [2.05, 4.69) is 11.4 Å². The number of thioether (sulfide) groups is 1. The monoisotopic (exact) mass is 261 g/mol. The van der Waals surface area contributed by atoms with Crippen molar-refractivity contribution < 1.29 is 0 Å². The molecule has 3 N–H and O–H groups in total. The number of benzene rings is 1. The smallest absolute Gasteiger partial charge is 0.102 e. The number of nitrogens with two attached hydrogens (primary N) is 1. The van der Waals surface area contributed by atoms with Gasteiger partial charge in [0.1, 0.15) is 6.07 Å². The first-order chi connectivity index (χ1) is 8.76. The highest BCUT2D eigenvalue weighted by Crippen LogP contribution is 2.28. The summed E-state index contributed by atoms with van der Waals surface area (Å²) in [5, 5.41) is 12.8. The maximum atomic E-state index is 9.29. The fourth-order valence-electron chi connectivity index (χ4n) is 2.48. The van der Waals surface area contributed by atoms with Crippen LogP contribution in [-0.4, -0.2) is 18.3 Å². The maximum Gasteiger partial charge on any atom is 0.102 e. The zero-order valence-corrected chi connectivity index (χ0v) is 11.5. The Morgan fingerprint density at radius 3 is 2.83 bits per heavy atom. The molecule has 3 nitrogen and oxygen atoms in total. The average Bonchev–Trinajstić information content (AvgIpc) is 2.41. The summed E-state index contributed by atoms with van der Waals surface area (Å²) in [7, 11) is 0. The first-order valence-electron chi connectivity index (χ1n) is 6.35. The van der Waals surface area contributed by atoms with Crippen LogP contribution in [0.2, 0.25) is 0 Å². The van der Waals surface area contributed by atoms with Crippen LogP contribution in [0.4, 0.5) is 5.69 Å². The van der Waals surface area contributed by atoms with Crippen LogP contribution in [0.5, 0.6) is 0 Å². The van der Waals surface area contributed by atoms with Gasteiger partial charge >= 0.3 is 0 Å². The van der Waals surface area contributed by atoms with E-state index in [1.807, 2.05) is 24.5 Å². The summed E-state index contributed by atoms with van der Waals surface area (Å²) in [6.45, 7) is 0. The largest absolute Gasteiger partial charge is 0.380 e. The normalized spacial score (nSPS) is 23.4. The lowest BCUT2D eigenvalue weighted by Gasteiger charge is -2.30. The number of hydrogen-bond acceptors (Lipinski definition) is 4. The van der Waals surface area contributed by atoms with E-state index < -0.39 is 0 Å². The van der Waals surface area contributed by atoms with E-state index in [1.165, 1.54) is 12.8 Å². The predicted molar refractivity (Wildman–Crippen MR) is 76.8 cm³/mol. The van der Waals surface area contributed by atoms with Gasteiger partial charge in [0.05, 0.1) is 11.3 Å². The van der Waals surface area contributed by atoms with Crippen molar-refractivity contribution in [2.24, 2.45) is 5.73 Å². The van der Waals surface area contributed by atoms with Crippen molar-refractivity contribution in [3.63, 3.8) is 0 Å². The Labute approximate surface area is 113 Å². The van der Waals surface area contributed by atoms with Crippen LogP contribution in [0.25, 0.3) is 0 Å². The van der Waals surface area contributed by atoms with Gasteiger partial charge in [0.15, 0.2) is 0 Å². The fourth-order valence-corrected chi connectivity index (χ4v) is 3.05. The molecule has 1 aliphatic rings. The molecule has 1 aromatic carbocycles. The standard InChI is InChI=1S/C14H19N3S/c1-18-14-8-4-7-12(10(14)9-15)17-13-6-3-2-5-11(13)16/h4,7-8,11,13,17H,2-3,5-6,16H2,1H3/t11-,13-/m1/s1. The van der Waals surface area contributed by atoms with E-state index in [0.29, 0.717) is 6.04 Å². The van der Waals surface area contributed by atoms with Gasteiger partial charge in [0.25, 0.3) is 0 Å². The summed E-state index contributed by atoms with van der Waals surface area (Å²) in [4.78, 5) is 1.02. The summed E-state index contributed by atoms with van der Waals surface area (Å²) in [6.07, 6.45) is 6.59. The number of nitriles is 1. The van der Waals surface area contributed by atoms with Crippen molar-refractivity contribution in [3.8, 4) is 6.07 Å². The van der Waals surface area contributed by atoms with E-state index in [9.17, 15) is 5.26 Å². The number of hydrogen-bond donors (Lipinski definition) is 2. The topological polar surface area (TPSA) is 61.8 Å². The molecule has 0 aromatic heterocycles. The highest BCUT2D eigenvalue weighted by molar-refractivity contribution is 7.98. The van der Waals surface area contributed by atoms with Crippen LogP contribution >= 0.6 is 11.8 Å². The zero-order chi connectivity index (χ0) is 13.0. The Morgan fingerprint density at radius 2 is 2.17 bits per heavy atom. The van der Waals surface area contributed by atoms with E-state index in [1.54, 1.807) is 11.8 Å². The van der Waals surface area contributed by atoms with E-state index >= 15 is 0 Å². The molecule has 2 atom stereocenters. The summed E-state index contributed by atoms with van der Waals surface area (Å²) in [5.74, 6) is 0. The Hall–Kier alpha value is -1.18. The highest BCUT2D eigenvalue weighted by Gasteiger charge is 2.22. The van der Waals surface area contributed by atoms with Crippen LogP contribution in [0.3, 0.4) is 0 Å². The molecule has 0 unspecified atom stereocenters. The lowest BCUT2D eigenvalue weighted by Crippen LogP contribution is -2.42. The van der Waals surface area contributed by atoms with E-state index in [4.69, 9.17) is 5.73 Å². The van der Waals surface area contributed by atoms with Crippen LogP contribution in [0, 0.1) is 11.3 Å². The Bertz CT molecular complexity index is 453. The Kier molecular flexibility index (Phi) is 4.51. The Balaban J connectivity index is 2.20. The van der Waals surface area contributed by atoms with Crippen molar-refractivity contribution in [2.45, 2.75) is 42.7 Å². The first kappa shape index (κ1) is 13.3. The summed E-state index contributed by atoms with van der Waals surface area (Å²) < 4.78 is 0. The molecule has 0 heterocycles. The highest BCUT2D eigenvalue weighted by atomic mass is 32.2. The van der Waals surface area contributed by atoms with Crippen molar-refractivity contribution in [1.82, 2.24) is 0 Å².